The highest BCUT2D eigenvalue weighted by Crippen LogP contribution is 2.23. The molecule has 1 aliphatic rings. The van der Waals surface area contributed by atoms with Gasteiger partial charge in [0.1, 0.15) is 42.5 Å². The van der Waals surface area contributed by atoms with E-state index in [1.807, 2.05) is 0 Å². The summed E-state index contributed by atoms with van der Waals surface area (Å²) in [6, 6.07) is -4.39. The first kappa shape index (κ1) is 31.6. The normalized spacial score (nSPS) is 25.7. The zero-order valence-electron chi connectivity index (χ0n) is 20.2. The van der Waals surface area contributed by atoms with E-state index < -0.39 is 104 Å². The predicted octanol–water partition coefficient (Wildman–Crippen LogP) is -5.47. The number of hydrogen-bond acceptors (Lipinski definition) is 11. The number of rotatable bonds is 14. The van der Waals surface area contributed by atoms with E-state index in [-0.39, 0.29) is 6.42 Å². The fourth-order valence-corrected chi connectivity index (χ4v) is 3.46. The highest BCUT2D eigenvalue weighted by molar-refractivity contribution is 5.95. The van der Waals surface area contributed by atoms with Crippen LogP contribution in [0.1, 0.15) is 33.1 Å². The van der Waals surface area contributed by atoms with Crippen molar-refractivity contribution < 1.29 is 58.7 Å². The molecule has 0 aromatic heterocycles. The first-order valence-electron chi connectivity index (χ1n) is 11.1. The molecule has 0 aromatic rings. The second-order valence-electron chi connectivity index (χ2n) is 8.34. The van der Waals surface area contributed by atoms with Gasteiger partial charge in [-0.3, -0.25) is 28.8 Å². The Morgan fingerprint density at radius 1 is 1.03 bits per heavy atom. The summed E-state index contributed by atoms with van der Waals surface area (Å²) in [4.78, 5) is 70.7. The van der Waals surface area contributed by atoms with Gasteiger partial charge in [-0.05, 0) is 13.3 Å². The van der Waals surface area contributed by atoms with Crippen molar-refractivity contribution in [2.75, 3.05) is 6.61 Å². The fourth-order valence-electron chi connectivity index (χ4n) is 3.46. The number of carboxylic acid groups (broad SMARTS) is 1. The van der Waals surface area contributed by atoms with Crippen LogP contribution >= 0.6 is 0 Å². The molecule has 17 nitrogen and oxygen atoms in total. The van der Waals surface area contributed by atoms with Crippen molar-refractivity contribution in [2.24, 2.45) is 11.5 Å². The van der Waals surface area contributed by atoms with Crippen LogP contribution in [0.5, 0.6) is 0 Å². The van der Waals surface area contributed by atoms with Gasteiger partial charge in [-0.1, -0.05) is 0 Å². The Kier molecular flexibility index (Phi) is 12.3. The fraction of sp³-hybridized carbons (Fsp3) is 0.700. The molecule has 0 aliphatic carbocycles. The van der Waals surface area contributed by atoms with E-state index in [0.717, 1.165) is 6.92 Å². The number of aliphatic hydroxyl groups excluding tert-OH is 3. The summed E-state index contributed by atoms with van der Waals surface area (Å²) in [5.74, 6) is -6.00. The lowest BCUT2D eigenvalue weighted by Crippen LogP contribution is -2.65. The van der Waals surface area contributed by atoms with Gasteiger partial charge in [-0.15, -0.1) is 0 Å². The summed E-state index contributed by atoms with van der Waals surface area (Å²) < 4.78 is 10.6. The van der Waals surface area contributed by atoms with Crippen molar-refractivity contribution in [3.8, 4) is 0 Å². The smallest absolute Gasteiger partial charge is 0.303 e. The van der Waals surface area contributed by atoms with Crippen LogP contribution in [0.3, 0.4) is 0 Å². The van der Waals surface area contributed by atoms with Crippen molar-refractivity contribution in [2.45, 2.75) is 81.9 Å². The largest absolute Gasteiger partial charge is 0.481 e. The topological polar surface area (TPSA) is 290 Å². The molecule has 210 valence electrons. The molecular weight excluding hydrogens is 502 g/mol. The molecule has 0 bridgehead atoms. The van der Waals surface area contributed by atoms with Crippen LogP contribution in [-0.4, -0.2) is 111 Å². The van der Waals surface area contributed by atoms with Crippen LogP contribution in [-0.2, 0) is 38.2 Å². The maximum atomic E-state index is 12.8. The molecule has 1 aliphatic heterocycles. The maximum absolute atomic E-state index is 12.8. The van der Waals surface area contributed by atoms with Crippen molar-refractivity contribution in [1.29, 1.82) is 0 Å². The predicted molar refractivity (Wildman–Crippen MR) is 120 cm³/mol. The number of nitrogens with one attached hydrogen (secondary N) is 3. The number of amides is 5. The van der Waals surface area contributed by atoms with Gasteiger partial charge in [-0.2, -0.15) is 0 Å². The highest BCUT2D eigenvalue weighted by atomic mass is 16.6. The molecule has 37 heavy (non-hydrogen) atoms. The van der Waals surface area contributed by atoms with E-state index in [4.69, 9.17) is 26.0 Å². The molecule has 17 heteroatoms. The molecule has 0 radical (unpaired) electrons. The molecule has 0 spiro atoms. The minimum Gasteiger partial charge on any atom is -0.481 e. The Bertz CT molecular complexity index is 871. The van der Waals surface area contributed by atoms with Crippen LogP contribution in [0.25, 0.3) is 0 Å². The first-order chi connectivity index (χ1) is 17.2. The van der Waals surface area contributed by atoms with Gasteiger partial charge in [0.25, 0.3) is 0 Å². The second kappa shape index (κ2) is 14.4. The van der Waals surface area contributed by atoms with Crippen molar-refractivity contribution in [3.05, 3.63) is 0 Å². The lowest BCUT2D eigenvalue weighted by atomic mass is 9.96. The van der Waals surface area contributed by atoms with Crippen LogP contribution < -0.4 is 27.4 Å². The quantitative estimate of drug-likeness (QED) is 0.101. The molecule has 0 aromatic carbocycles. The van der Waals surface area contributed by atoms with E-state index in [9.17, 15) is 44.1 Å². The first-order valence-corrected chi connectivity index (χ1v) is 11.1. The van der Waals surface area contributed by atoms with E-state index in [0.29, 0.717) is 0 Å². The lowest BCUT2D eigenvalue weighted by molar-refractivity contribution is -0.266. The lowest BCUT2D eigenvalue weighted by Gasteiger charge is -2.43. The number of aliphatic hydroxyl groups is 3. The zero-order chi connectivity index (χ0) is 28.4. The Labute approximate surface area is 210 Å². The van der Waals surface area contributed by atoms with Crippen LogP contribution in [0, 0.1) is 0 Å². The Balaban J connectivity index is 3.00. The van der Waals surface area contributed by atoms with E-state index in [1.165, 1.54) is 6.92 Å². The molecule has 1 heterocycles. The molecule has 1 rings (SSSR count). The number of carboxylic acids is 1. The standard InChI is InChI=1S/C20H33N5O12/c1-7(36-16-14(23-8(2)27)20(35)37-11(6-26)15(16)31)18(33)25-10(5-12(21)28)19(34)24-9(17(22)32)3-4-13(29)30/h7,9-11,14-16,20,26,31,35H,3-6H2,1-2H3,(H2,21,28)(H2,22,32)(H,23,27)(H,24,34)(H,25,33)(H,29,30). The summed E-state index contributed by atoms with van der Waals surface area (Å²) in [6.45, 7) is 1.59. The number of carbonyl (C=O) groups is 6. The van der Waals surface area contributed by atoms with Gasteiger partial charge >= 0.3 is 5.97 Å². The molecule has 1 fully saturated rings. The van der Waals surface area contributed by atoms with E-state index >= 15 is 0 Å². The Morgan fingerprint density at radius 3 is 2.11 bits per heavy atom. The van der Waals surface area contributed by atoms with E-state index in [2.05, 4.69) is 16.0 Å². The second-order valence-corrected chi connectivity index (χ2v) is 8.34. The molecule has 5 amide bonds. The van der Waals surface area contributed by atoms with Gasteiger partial charge in [0.2, 0.25) is 29.5 Å². The molecular formula is C20H33N5O12. The van der Waals surface area contributed by atoms with Crippen molar-refractivity contribution in [1.82, 2.24) is 16.0 Å². The van der Waals surface area contributed by atoms with Gasteiger partial charge in [0, 0.05) is 13.3 Å². The third-order valence-corrected chi connectivity index (χ3v) is 5.32. The number of aliphatic carboxylic acids is 1. The third-order valence-electron chi connectivity index (χ3n) is 5.32. The van der Waals surface area contributed by atoms with Crippen molar-refractivity contribution >= 4 is 35.5 Å². The van der Waals surface area contributed by atoms with Gasteiger partial charge in [0.15, 0.2) is 6.29 Å². The number of hydrogen-bond donors (Lipinski definition) is 9. The summed E-state index contributed by atoms with van der Waals surface area (Å²) in [7, 11) is 0. The number of primary amides is 2. The molecule has 0 saturated carbocycles. The van der Waals surface area contributed by atoms with Crippen LogP contribution in [0.2, 0.25) is 0 Å². The molecule has 1 saturated heterocycles. The monoisotopic (exact) mass is 535 g/mol. The molecule has 8 atom stereocenters. The Morgan fingerprint density at radius 2 is 1.62 bits per heavy atom. The average molecular weight is 536 g/mol. The summed E-state index contributed by atoms with van der Waals surface area (Å²) in [5.41, 5.74) is 10.3. The Hall–Kier alpha value is -3.38. The SMILES string of the molecule is CC(=O)NC1C(O)OC(CO)C(O)C1OC(C)C(=O)NC(CC(N)=O)C(=O)NC(CCC(=O)O)C(N)=O. The number of ether oxygens (including phenoxy) is 2. The average Bonchev–Trinajstić information content (AvgIpc) is 2.79. The zero-order valence-corrected chi connectivity index (χ0v) is 20.2. The third kappa shape index (κ3) is 9.89. The summed E-state index contributed by atoms with van der Waals surface area (Å²) >= 11 is 0. The minimum absolute atomic E-state index is 0.353. The summed E-state index contributed by atoms with van der Waals surface area (Å²) in [5, 5.41) is 45.5. The van der Waals surface area contributed by atoms with Crippen molar-refractivity contribution in [3.63, 3.8) is 0 Å². The van der Waals surface area contributed by atoms with Gasteiger partial charge < -0.3 is 57.3 Å². The van der Waals surface area contributed by atoms with Crippen LogP contribution in [0.15, 0.2) is 0 Å². The maximum Gasteiger partial charge on any atom is 0.303 e. The molecule has 8 unspecified atom stereocenters. The van der Waals surface area contributed by atoms with E-state index in [1.54, 1.807) is 0 Å². The molecule has 11 N–H and O–H groups in total. The van der Waals surface area contributed by atoms with Crippen LogP contribution in [0.4, 0.5) is 0 Å². The van der Waals surface area contributed by atoms with Gasteiger partial charge in [0.05, 0.1) is 13.0 Å². The minimum atomic E-state index is -1.71. The number of nitrogens with two attached hydrogens (primary N) is 2. The highest BCUT2D eigenvalue weighted by Gasteiger charge is 2.47. The number of carbonyl (C=O) groups excluding carboxylic acids is 5. The van der Waals surface area contributed by atoms with Gasteiger partial charge in [-0.25, -0.2) is 0 Å². The summed E-state index contributed by atoms with van der Waals surface area (Å²) in [6.07, 6.45) is -9.13.